The third-order valence-electron chi connectivity index (χ3n) is 3.87. The van der Waals surface area contributed by atoms with E-state index in [1.54, 1.807) is 0 Å². The molecule has 0 spiro atoms. The van der Waals surface area contributed by atoms with Crippen LogP contribution in [0.2, 0.25) is 0 Å². The molecule has 0 unspecified atom stereocenters. The van der Waals surface area contributed by atoms with E-state index >= 15 is 0 Å². The van der Waals surface area contributed by atoms with E-state index < -0.39 is 0 Å². The summed E-state index contributed by atoms with van der Waals surface area (Å²) >= 11 is 0. The molecule has 0 aliphatic heterocycles. The van der Waals surface area contributed by atoms with Crippen molar-refractivity contribution in [2.24, 2.45) is 11.3 Å². The van der Waals surface area contributed by atoms with Gasteiger partial charge in [0.2, 0.25) is 0 Å². The van der Waals surface area contributed by atoms with Gasteiger partial charge < -0.3 is 0 Å². The minimum atomic E-state index is 0.122. The Kier molecular flexibility index (Phi) is 2.44. The highest BCUT2D eigenvalue weighted by molar-refractivity contribution is 5.87. The van der Waals surface area contributed by atoms with Crippen molar-refractivity contribution in [2.45, 2.75) is 58.3 Å². The molecule has 0 atom stereocenters. The van der Waals surface area contributed by atoms with Gasteiger partial charge in [0.1, 0.15) is 5.78 Å². The van der Waals surface area contributed by atoms with Crippen molar-refractivity contribution in [1.82, 2.24) is 0 Å². The summed E-state index contributed by atoms with van der Waals surface area (Å²) in [5.74, 6) is 1.29. The summed E-state index contributed by atoms with van der Waals surface area (Å²) in [4.78, 5) is 11.8. The summed E-state index contributed by atoms with van der Waals surface area (Å²) in [5, 5.41) is 0. The molecule has 1 heteroatoms. The van der Waals surface area contributed by atoms with Crippen molar-refractivity contribution >= 4 is 5.78 Å². The highest BCUT2D eigenvalue weighted by Gasteiger charge is 2.44. The monoisotopic (exact) mass is 180 g/mol. The summed E-state index contributed by atoms with van der Waals surface area (Å²) in [7, 11) is 0. The summed E-state index contributed by atoms with van der Waals surface area (Å²) in [6.45, 7) is 2.14. The Morgan fingerprint density at radius 1 is 1.23 bits per heavy atom. The lowest BCUT2D eigenvalue weighted by Crippen LogP contribution is -2.18. The second-order valence-electron chi connectivity index (χ2n) is 5.19. The van der Waals surface area contributed by atoms with Crippen LogP contribution in [-0.4, -0.2) is 5.78 Å². The Morgan fingerprint density at radius 2 is 1.85 bits per heavy atom. The maximum atomic E-state index is 11.8. The number of ketones is 1. The van der Waals surface area contributed by atoms with Crippen LogP contribution in [0, 0.1) is 11.3 Å². The lowest BCUT2D eigenvalue weighted by atomic mass is 9.83. The summed E-state index contributed by atoms with van der Waals surface area (Å²) in [6, 6.07) is 0. The van der Waals surface area contributed by atoms with Gasteiger partial charge in [0.25, 0.3) is 0 Å². The SMILES string of the molecule is CC1(C(=O)CC2CCCCC2)CC1. The first-order valence-corrected chi connectivity index (χ1v) is 5.74. The zero-order chi connectivity index (χ0) is 9.31. The number of carbonyl (C=O) groups excluding carboxylic acids is 1. The molecule has 0 aromatic heterocycles. The molecule has 0 N–H and O–H groups in total. The first-order chi connectivity index (χ1) is 6.21. The Balaban J connectivity index is 1.79. The molecule has 2 saturated carbocycles. The van der Waals surface area contributed by atoms with Gasteiger partial charge in [0.05, 0.1) is 0 Å². The van der Waals surface area contributed by atoms with Gasteiger partial charge in [-0.05, 0) is 18.8 Å². The zero-order valence-corrected chi connectivity index (χ0v) is 8.64. The topological polar surface area (TPSA) is 17.1 Å². The van der Waals surface area contributed by atoms with Gasteiger partial charge in [-0.15, -0.1) is 0 Å². The highest BCUT2D eigenvalue weighted by Crippen LogP contribution is 2.47. The Labute approximate surface area is 80.9 Å². The second kappa shape index (κ2) is 3.43. The summed E-state index contributed by atoms with van der Waals surface area (Å²) in [5.41, 5.74) is 0.122. The van der Waals surface area contributed by atoms with Gasteiger partial charge in [-0.25, -0.2) is 0 Å². The first kappa shape index (κ1) is 9.23. The molecule has 0 heterocycles. The number of carbonyl (C=O) groups is 1. The number of hydrogen-bond acceptors (Lipinski definition) is 1. The van der Waals surface area contributed by atoms with Crippen molar-refractivity contribution in [1.29, 1.82) is 0 Å². The summed E-state index contributed by atoms with van der Waals surface area (Å²) < 4.78 is 0. The van der Waals surface area contributed by atoms with E-state index in [2.05, 4.69) is 6.92 Å². The molecule has 0 aromatic carbocycles. The maximum Gasteiger partial charge on any atom is 0.139 e. The molecule has 0 aromatic rings. The molecule has 0 saturated heterocycles. The van der Waals surface area contributed by atoms with Crippen LogP contribution in [0.25, 0.3) is 0 Å². The van der Waals surface area contributed by atoms with E-state index in [-0.39, 0.29) is 5.41 Å². The molecule has 2 fully saturated rings. The van der Waals surface area contributed by atoms with Gasteiger partial charge in [-0.2, -0.15) is 0 Å². The van der Waals surface area contributed by atoms with Crippen LogP contribution in [-0.2, 0) is 4.79 Å². The van der Waals surface area contributed by atoms with E-state index in [0.717, 1.165) is 25.2 Å². The largest absolute Gasteiger partial charge is 0.299 e. The highest BCUT2D eigenvalue weighted by atomic mass is 16.1. The molecule has 2 aliphatic rings. The van der Waals surface area contributed by atoms with Crippen molar-refractivity contribution in [3.63, 3.8) is 0 Å². The second-order valence-corrected chi connectivity index (χ2v) is 5.19. The van der Waals surface area contributed by atoms with Crippen LogP contribution in [0.3, 0.4) is 0 Å². The molecular weight excluding hydrogens is 160 g/mol. The minimum Gasteiger partial charge on any atom is -0.299 e. The van der Waals surface area contributed by atoms with E-state index in [1.807, 2.05) is 0 Å². The van der Waals surface area contributed by atoms with Crippen LogP contribution in [0.1, 0.15) is 58.3 Å². The van der Waals surface area contributed by atoms with Gasteiger partial charge in [0, 0.05) is 11.8 Å². The van der Waals surface area contributed by atoms with Gasteiger partial charge in [-0.1, -0.05) is 39.0 Å². The van der Waals surface area contributed by atoms with Crippen LogP contribution in [0.4, 0.5) is 0 Å². The molecule has 2 aliphatic carbocycles. The average molecular weight is 180 g/mol. The molecule has 0 radical (unpaired) electrons. The maximum absolute atomic E-state index is 11.8. The zero-order valence-electron chi connectivity index (χ0n) is 8.64. The fourth-order valence-electron chi connectivity index (χ4n) is 2.37. The van der Waals surface area contributed by atoms with Gasteiger partial charge >= 0.3 is 0 Å². The molecule has 74 valence electrons. The van der Waals surface area contributed by atoms with E-state index in [1.165, 1.54) is 32.1 Å². The van der Waals surface area contributed by atoms with Crippen molar-refractivity contribution < 1.29 is 4.79 Å². The minimum absolute atomic E-state index is 0.122. The quantitative estimate of drug-likeness (QED) is 0.651. The number of hydrogen-bond donors (Lipinski definition) is 0. The fourth-order valence-corrected chi connectivity index (χ4v) is 2.37. The average Bonchev–Trinajstić information content (AvgIpc) is 2.87. The van der Waals surface area contributed by atoms with Crippen LogP contribution >= 0.6 is 0 Å². The van der Waals surface area contributed by atoms with E-state index in [9.17, 15) is 4.79 Å². The lowest BCUT2D eigenvalue weighted by Gasteiger charge is -2.21. The van der Waals surface area contributed by atoms with Crippen LogP contribution < -0.4 is 0 Å². The number of Topliss-reactive ketones (excluding diaryl/α,β-unsaturated/α-hetero) is 1. The van der Waals surface area contributed by atoms with Gasteiger partial charge in [-0.3, -0.25) is 4.79 Å². The third kappa shape index (κ3) is 2.12. The predicted molar refractivity (Wildman–Crippen MR) is 53.5 cm³/mol. The Hall–Kier alpha value is -0.330. The molecule has 0 amide bonds. The molecular formula is C12H20O. The van der Waals surface area contributed by atoms with Gasteiger partial charge in [0.15, 0.2) is 0 Å². The third-order valence-corrected chi connectivity index (χ3v) is 3.87. The normalized spacial score (nSPS) is 27.2. The molecule has 2 rings (SSSR count). The van der Waals surface area contributed by atoms with Crippen LogP contribution in [0.5, 0.6) is 0 Å². The molecule has 13 heavy (non-hydrogen) atoms. The smallest absolute Gasteiger partial charge is 0.139 e. The van der Waals surface area contributed by atoms with E-state index in [0.29, 0.717) is 5.78 Å². The molecule has 0 bridgehead atoms. The van der Waals surface area contributed by atoms with Crippen molar-refractivity contribution in [3.8, 4) is 0 Å². The molecule has 1 nitrogen and oxygen atoms in total. The summed E-state index contributed by atoms with van der Waals surface area (Å²) in [6.07, 6.45) is 9.91. The van der Waals surface area contributed by atoms with E-state index in [4.69, 9.17) is 0 Å². The predicted octanol–water partition coefficient (Wildman–Crippen LogP) is 3.33. The number of rotatable bonds is 3. The standard InChI is InChI=1S/C12H20O/c1-12(7-8-12)11(13)9-10-5-3-2-4-6-10/h10H,2-9H2,1H3. The van der Waals surface area contributed by atoms with Crippen molar-refractivity contribution in [3.05, 3.63) is 0 Å². The van der Waals surface area contributed by atoms with Crippen molar-refractivity contribution in [2.75, 3.05) is 0 Å². The van der Waals surface area contributed by atoms with Crippen LogP contribution in [0.15, 0.2) is 0 Å². The first-order valence-electron chi connectivity index (χ1n) is 5.74. The Morgan fingerprint density at radius 3 is 2.38 bits per heavy atom. The fraction of sp³-hybridized carbons (Fsp3) is 0.917. The Bertz CT molecular complexity index is 197. The lowest BCUT2D eigenvalue weighted by molar-refractivity contribution is -0.124.